The zero-order valence-corrected chi connectivity index (χ0v) is 8.21. The molecule has 7 heteroatoms. The second kappa shape index (κ2) is 4.87. The second-order valence-corrected chi connectivity index (χ2v) is 2.68. The Morgan fingerprint density at radius 3 is 2.62 bits per heavy atom. The van der Waals surface area contributed by atoms with Gasteiger partial charge in [-0.3, -0.25) is 14.9 Å². The number of carbonyl (C=O) groups is 2. The molecule has 0 heterocycles. The Hall–Kier alpha value is -2.44. The lowest BCUT2D eigenvalue weighted by Crippen LogP contribution is -2.03. The summed E-state index contributed by atoms with van der Waals surface area (Å²) in [5.74, 6) is -0.843. The van der Waals surface area contributed by atoms with Gasteiger partial charge in [0.15, 0.2) is 0 Å². The summed E-state index contributed by atoms with van der Waals surface area (Å²) in [4.78, 5) is 31.1. The molecule has 0 spiro atoms. The fourth-order valence-corrected chi connectivity index (χ4v) is 1.05. The summed E-state index contributed by atoms with van der Waals surface area (Å²) < 4.78 is 8.84. The van der Waals surface area contributed by atoms with Gasteiger partial charge in [0.05, 0.1) is 23.7 Å². The minimum atomic E-state index is -0.751. The molecule has 0 N–H and O–H groups in total. The van der Waals surface area contributed by atoms with Crippen LogP contribution in [0.2, 0.25) is 0 Å². The number of carbonyl (C=O) groups excluding carboxylic acids is 2. The third-order valence-corrected chi connectivity index (χ3v) is 1.71. The van der Waals surface area contributed by atoms with E-state index in [0.717, 1.165) is 19.2 Å². The van der Waals surface area contributed by atoms with Gasteiger partial charge >= 0.3 is 5.97 Å². The number of esters is 1. The number of methoxy groups -OCH3 is 1. The predicted octanol–water partition coefficient (Wildman–Crippen LogP) is 0.917. The van der Waals surface area contributed by atoms with Crippen LogP contribution < -0.4 is 4.74 Å². The van der Waals surface area contributed by atoms with E-state index in [9.17, 15) is 19.7 Å². The Morgan fingerprint density at radius 1 is 1.44 bits per heavy atom. The van der Waals surface area contributed by atoms with Crippen molar-refractivity contribution in [3.05, 3.63) is 33.9 Å². The molecule has 0 unspecified atom stereocenters. The number of nitrogens with zero attached hydrogens (tertiary/aromatic N) is 1. The van der Waals surface area contributed by atoms with Crippen LogP contribution in [0.15, 0.2) is 18.2 Å². The highest BCUT2D eigenvalue weighted by Crippen LogP contribution is 2.22. The molecule has 7 nitrogen and oxygen atoms in total. The third-order valence-electron chi connectivity index (χ3n) is 1.71. The van der Waals surface area contributed by atoms with Crippen LogP contribution in [-0.2, 0) is 9.53 Å². The lowest BCUT2D eigenvalue weighted by atomic mass is 10.2. The molecule has 1 aromatic carbocycles. The first-order valence-corrected chi connectivity index (χ1v) is 4.06. The van der Waals surface area contributed by atoms with Gasteiger partial charge < -0.3 is 9.47 Å². The molecule has 16 heavy (non-hydrogen) atoms. The molecular formula is C9H7NO6. The standard InChI is InChI=1S/C9H7NO6/c1-15-9(12)6-2-7(10(13)14)4-8(3-6)16-5-11/h2-5H,1H3. The summed E-state index contributed by atoms with van der Waals surface area (Å²) in [6.07, 6.45) is 0. The predicted molar refractivity (Wildman–Crippen MR) is 51.1 cm³/mol. The zero-order chi connectivity index (χ0) is 12.1. The number of benzene rings is 1. The van der Waals surface area contributed by atoms with Gasteiger partial charge in [0.1, 0.15) is 5.75 Å². The van der Waals surface area contributed by atoms with Crippen molar-refractivity contribution in [1.29, 1.82) is 0 Å². The molecule has 1 aromatic rings. The Labute approximate surface area is 89.7 Å². The normalized spacial score (nSPS) is 9.31. The molecule has 0 saturated carbocycles. The Kier molecular flexibility index (Phi) is 3.54. The van der Waals surface area contributed by atoms with Gasteiger partial charge in [0.2, 0.25) is 0 Å². The topological polar surface area (TPSA) is 95.7 Å². The van der Waals surface area contributed by atoms with Crippen LogP contribution in [0.5, 0.6) is 5.75 Å². The number of rotatable bonds is 4. The SMILES string of the molecule is COC(=O)c1cc(OC=O)cc([N+](=O)[O-])c1. The van der Waals surface area contributed by atoms with Gasteiger partial charge in [-0.25, -0.2) is 4.79 Å². The minimum Gasteiger partial charge on any atom is -0.465 e. The van der Waals surface area contributed by atoms with E-state index in [2.05, 4.69) is 9.47 Å². The summed E-state index contributed by atoms with van der Waals surface area (Å²) in [6, 6.07) is 3.23. The molecule has 0 aliphatic carbocycles. The highest BCUT2D eigenvalue weighted by Gasteiger charge is 2.15. The smallest absolute Gasteiger partial charge is 0.338 e. The maximum atomic E-state index is 11.2. The van der Waals surface area contributed by atoms with Crippen LogP contribution in [0, 0.1) is 10.1 Å². The number of nitro benzene ring substituents is 1. The van der Waals surface area contributed by atoms with E-state index in [1.165, 1.54) is 6.07 Å². The average Bonchev–Trinajstić information content (AvgIpc) is 2.28. The van der Waals surface area contributed by atoms with E-state index in [1.54, 1.807) is 0 Å². The maximum absolute atomic E-state index is 11.2. The monoisotopic (exact) mass is 225 g/mol. The molecule has 84 valence electrons. The zero-order valence-electron chi connectivity index (χ0n) is 8.21. The highest BCUT2D eigenvalue weighted by atomic mass is 16.6. The van der Waals surface area contributed by atoms with Crippen molar-refractivity contribution in [2.45, 2.75) is 0 Å². The van der Waals surface area contributed by atoms with Crippen molar-refractivity contribution < 1.29 is 24.0 Å². The molecule has 0 aromatic heterocycles. The van der Waals surface area contributed by atoms with E-state index in [-0.39, 0.29) is 23.5 Å². The largest absolute Gasteiger partial charge is 0.465 e. The van der Waals surface area contributed by atoms with Crippen molar-refractivity contribution in [2.75, 3.05) is 7.11 Å². The fraction of sp³-hybridized carbons (Fsp3) is 0.111. The van der Waals surface area contributed by atoms with Crippen molar-refractivity contribution in [3.8, 4) is 5.75 Å². The first kappa shape index (κ1) is 11.6. The van der Waals surface area contributed by atoms with E-state index in [4.69, 9.17) is 0 Å². The molecule has 0 atom stereocenters. The van der Waals surface area contributed by atoms with Crippen LogP contribution in [-0.4, -0.2) is 24.5 Å². The lowest BCUT2D eigenvalue weighted by Gasteiger charge is -2.02. The van der Waals surface area contributed by atoms with Gasteiger partial charge in [0.25, 0.3) is 12.2 Å². The van der Waals surface area contributed by atoms with Gasteiger partial charge in [-0.2, -0.15) is 0 Å². The van der Waals surface area contributed by atoms with Crippen molar-refractivity contribution in [1.82, 2.24) is 0 Å². The van der Waals surface area contributed by atoms with Crippen LogP contribution in [0.4, 0.5) is 5.69 Å². The van der Waals surface area contributed by atoms with Crippen LogP contribution >= 0.6 is 0 Å². The number of ether oxygens (including phenoxy) is 2. The molecular weight excluding hydrogens is 218 g/mol. The molecule has 0 bridgehead atoms. The molecule has 0 radical (unpaired) electrons. The fourth-order valence-electron chi connectivity index (χ4n) is 1.05. The molecule has 0 aliphatic rings. The number of non-ortho nitro benzene ring substituents is 1. The summed E-state index contributed by atoms with van der Waals surface area (Å²) in [5, 5.41) is 10.5. The van der Waals surface area contributed by atoms with Crippen LogP contribution in [0.1, 0.15) is 10.4 Å². The van der Waals surface area contributed by atoms with Crippen molar-refractivity contribution in [3.63, 3.8) is 0 Å². The first-order valence-electron chi connectivity index (χ1n) is 4.06. The van der Waals surface area contributed by atoms with Crippen LogP contribution in [0.3, 0.4) is 0 Å². The van der Waals surface area contributed by atoms with Gasteiger partial charge in [0, 0.05) is 6.07 Å². The lowest BCUT2D eigenvalue weighted by molar-refractivity contribution is -0.384. The maximum Gasteiger partial charge on any atom is 0.338 e. The van der Waals surface area contributed by atoms with Crippen molar-refractivity contribution >= 4 is 18.1 Å². The Morgan fingerprint density at radius 2 is 2.12 bits per heavy atom. The summed E-state index contributed by atoms with van der Waals surface area (Å²) >= 11 is 0. The molecule has 0 fully saturated rings. The molecule has 1 rings (SSSR count). The summed E-state index contributed by atoms with van der Waals surface area (Å²) in [6.45, 7) is 0.111. The van der Waals surface area contributed by atoms with Crippen molar-refractivity contribution in [2.24, 2.45) is 0 Å². The number of hydrogen-bond acceptors (Lipinski definition) is 6. The van der Waals surface area contributed by atoms with E-state index in [0.29, 0.717) is 0 Å². The minimum absolute atomic E-state index is 0.0615. The Balaban J connectivity index is 3.23. The summed E-state index contributed by atoms with van der Waals surface area (Å²) in [7, 11) is 1.14. The number of nitro groups is 1. The van der Waals surface area contributed by atoms with Gasteiger partial charge in [-0.15, -0.1) is 0 Å². The van der Waals surface area contributed by atoms with Gasteiger partial charge in [-0.05, 0) is 6.07 Å². The Bertz CT molecular complexity index is 442. The molecule has 0 aliphatic heterocycles. The first-order chi connectivity index (χ1) is 7.58. The van der Waals surface area contributed by atoms with E-state index in [1.807, 2.05) is 0 Å². The highest BCUT2D eigenvalue weighted by molar-refractivity contribution is 5.90. The van der Waals surface area contributed by atoms with E-state index >= 15 is 0 Å². The number of hydrogen-bond donors (Lipinski definition) is 0. The second-order valence-electron chi connectivity index (χ2n) is 2.68. The third kappa shape index (κ3) is 2.53. The van der Waals surface area contributed by atoms with Gasteiger partial charge in [-0.1, -0.05) is 0 Å². The van der Waals surface area contributed by atoms with Crippen LogP contribution in [0.25, 0.3) is 0 Å². The average molecular weight is 225 g/mol. The summed E-state index contributed by atoms with van der Waals surface area (Å²) in [5.41, 5.74) is -0.423. The molecule has 0 saturated heterocycles. The quantitative estimate of drug-likeness (QED) is 0.327. The van der Waals surface area contributed by atoms with E-state index < -0.39 is 10.9 Å². The molecule has 0 amide bonds.